The number of anilines is 1. The number of rotatable bonds is 11. The molecule has 0 aliphatic carbocycles. The van der Waals surface area contributed by atoms with Gasteiger partial charge in [0.05, 0.1) is 33.1 Å². The van der Waals surface area contributed by atoms with Crippen LogP contribution >= 0.6 is 11.8 Å². The van der Waals surface area contributed by atoms with Crippen molar-refractivity contribution in [2.45, 2.75) is 26.8 Å². The maximum Gasteiger partial charge on any atom is 0.276 e. The van der Waals surface area contributed by atoms with Crippen LogP contribution in [0.1, 0.15) is 20.8 Å². The molecule has 1 atom stereocenters. The number of para-hydroxylation sites is 1. The van der Waals surface area contributed by atoms with Crippen LogP contribution in [0, 0.1) is 0 Å². The van der Waals surface area contributed by atoms with Gasteiger partial charge in [0.15, 0.2) is 17.3 Å². The molecule has 1 unspecified atom stereocenters. The Balaban J connectivity index is 2.35. The predicted octanol–water partition coefficient (Wildman–Crippen LogP) is 4.73. The van der Waals surface area contributed by atoms with Gasteiger partial charge in [-0.2, -0.15) is 10.2 Å². The van der Waals surface area contributed by atoms with Crippen molar-refractivity contribution in [2.75, 3.05) is 31.9 Å². The summed E-state index contributed by atoms with van der Waals surface area (Å²) in [5.41, 5.74) is 0.539. The Bertz CT molecular complexity index is 960. The number of nitrogens with zero attached hydrogens (tertiary/aromatic N) is 3. The van der Waals surface area contributed by atoms with Crippen LogP contribution in [0.5, 0.6) is 23.0 Å². The lowest BCUT2D eigenvalue weighted by molar-refractivity contribution is -0.126. The molecule has 2 rings (SSSR count). The predicted molar refractivity (Wildman–Crippen MR) is 121 cm³/mol. The largest absolute Gasteiger partial charge is 0.494 e. The van der Waals surface area contributed by atoms with E-state index in [4.69, 9.17) is 30.7 Å². The highest BCUT2D eigenvalue weighted by molar-refractivity contribution is 6.39. The quantitative estimate of drug-likeness (QED) is 0.271. The van der Waals surface area contributed by atoms with Crippen LogP contribution in [-0.2, 0) is 9.59 Å². The van der Waals surface area contributed by atoms with Crippen molar-refractivity contribution in [1.29, 1.82) is 0 Å². The molecule has 0 aliphatic rings. The highest BCUT2D eigenvalue weighted by Gasteiger charge is 2.32. The summed E-state index contributed by atoms with van der Waals surface area (Å²) >= 11 is 6.30. The average molecular weight is 464 g/mol. The van der Waals surface area contributed by atoms with E-state index in [-0.39, 0.29) is 5.69 Å². The molecular formula is C22H26ClN3O6. The summed E-state index contributed by atoms with van der Waals surface area (Å²) in [6.07, 6.45) is 0. The molecule has 0 saturated carbocycles. The fraction of sp³-hybridized carbons (Fsp3) is 0.364. The molecule has 10 heteroatoms. The number of ketones is 1. The molecule has 32 heavy (non-hydrogen) atoms. The van der Waals surface area contributed by atoms with Crippen molar-refractivity contribution in [3.63, 3.8) is 0 Å². The van der Waals surface area contributed by atoms with Gasteiger partial charge in [0, 0.05) is 17.8 Å². The molecule has 0 heterocycles. The van der Waals surface area contributed by atoms with Crippen molar-refractivity contribution in [3.05, 3.63) is 36.4 Å². The van der Waals surface area contributed by atoms with E-state index in [1.165, 1.54) is 21.1 Å². The first-order chi connectivity index (χ1) is 15.4. The van der Waals surface area contributed by atoms with Gasteiger partial charge in [0.25, 0.3) is 5.91 Å². The van der Waals surface area contributed by atoms with Crippen molar-refractivity contribution in [3.8, 4) is 23.0 Å². The molecule has 1 amide bonds. The number of benzene rings is 2. The fourth-order valence-corrected chi connectivity index (χ4v) is 3.03. The van der Waals surface area contributed by atoms with Gasteiger partial charge in [0.1, 0.15) is 17.2 Å². The summed E-state index contributed by atoms with van der Waals surface area (Å²) in [6.45, 7) is 5.84. The third-order valence-electron chi connectivity index (χ3n) is 4.23. The number of amides is 1. The molecule has 2 aromatic rings. The maximum atomic E-state index is 13.0. The Kier molecular flexibility index (Phi) is 9.27. The maximum absolute atomic E-state index is 13.0. The van der Waals surface area contributed by atoms with Gasteiger partial charge in [-0.1, -0.05) is 6.07 Å². The molecule has 0 spiro atoms. The van der Waals surface area contributed by atoms with Crippen LogP contribution in [0.2, 0.25) is 0 Å². The average Bonchev–Trinajstić information content (AvgIpc) is 2.79. The summed E-state index contributed by atoms with van der Waals surface area (Å²) in [5, 5.41) is 8.00. The van der Waals surface area contributed by atoms with Gasteiger partial charge in [-0.15, -0.1) is 0 Å². The molecule has 2 aromatic carbocycles. The summed E-state index contributed by atoms with van der Waals surface area (Å²) in [4.78, 5) is 25.2. The van der Waals surface area contributed by atoms with E-state index < -0.39 is 17.7 Å². The third kappa shape index (κ3) is 5.88. The zero-order valence-corrected chi connectivity index (χ0v) is 19.4. The molecule has 0 radical (unpaired) electrons. The SMILES string of the molecule is CCOc1ccc(N=NC(C(C)=O)C(=O)N(Cl)c2c(OC)cccc2OC)cc1OCC. The highest BCUT2D eigenvalue weighted by Crippen LogP contribution is 2.39. The highest BCUT2D eigenvalue weighted by atomic mass is 35.5. The van der Waals surface area contributed by atoms with Crippen molar-refractivity contribution in [1.82, 2.24) is 0 Å². The lowest BCUT2D eigenvalue weighted by atomic mass is 10.2. The van der Waals surface area contributed by atoms with E-state index in [9.17, 15) is 9.59 Å². The number of ether oxygens (including phenoxy) is 4. The number of halogens is 1. The van der Waals surface area contributed by atoms with Gasteiger partial charge in [-0.3, -0.25) is 9.59 Å². The number of azo groups is 1. The lowest BCUT2D eigenvalue weighted by Gasteiger charge is -2.21. The van der Waals surface area contributed by atoms with Crippen LogP contribution in [0.3, 0.4) is 0 Å². The minimum absolute atomic E-state index is 0.158. The Labute approximate surface area is 192 Å². The molecule has 0 N–H and O–H groups in total. The van der Waals surface area contributed by atoms with E-state index in [2.05, 4.69) is 10.2 Å². The monoisotopic (exact) mass is 463 g/mol. The van der Waals surface area contributed by atoms with Crippen LogP contribution < -0.4 is 23.4 Å². The number of carbonyl (C=O) groups is 2. The van der Waals surface area contributed by atoms with Crippen LogP contribution in [-0.4, -0.2) is 45.2 Å². The van der Waals surface area contributed by atoms with E-state index in [1.807, 2.05) is 13.8 Å². The molecule has 0 bridgehead atoms. The molecular weight excluding hydrogens is 438 g/mol. The Morgan fingerprint density at radius 2 is 1.56 bits per heavy atom. The normalized spacial score (nSPS) is 11.7. The van der Waals surface area contributed by atoms with Crippen molar-refractivity contribution < 1.29 is 28.5 Å². The molecule has 9 nitrogen and oxygen atoms in total. The summed E-state index contributed by atoms with van der Waals surface area (Å²) < 4.78 is 22.4. The summed E-state index contributed by atoms with van der Waals surface area (Å²) in [7, 11) is 2.86. The topological polar surface area (TPSA) is 99.0 Å². The number of hydrogen-bond acceptors (Lipinski definition) is 8. The first-order valence-corrected chi connectivity index (χ1v) is 10.2. The minimum Gasteiger partial charge on any atom is -0.494 e. The van der Waals surface area contributed by atoms with Gasteiger partial charge in [0.2, 0.25) is 6.04 Å². The first kappa shape index (κ1) is 24.9. The lowest BCUT2D eigenvalue weighted by Crippen LogP contribution is -2.36. The van der Waals surface area contributed by atoms with Crippen LogP contribution in [0.4, 0.5) is 11.4 Å². The zero-order valence-electron chi connectivity index (χ0n) is 18.6. The summed E-state index contributed by atoms with van der Waals surface area (Å²) in [6, 6.07) is 8.37. The van der Waals surface area contributed by atoms with Gasteiger partial charge >= 0.3 is 0 Å². The molecule has 0 aliphatic heterocycles. The smallest absolute Gasteiger partial charge is 0.276 e. The van der Waals surface area contributed by atoms with Gasteiger partial charge < -0.3 is 18.9 Å². The molecule has 172 valence electrons. The van der Waals surface area contributed by atoms with E-state index in [0.29, 0.717) is 41.9 Å². The fourth-order valence-electron chi connectivity index (χ4n) is 2.77. The Morgan fingerprint density at radius 3 is 2.09 bits per heavy atom. The standard InChI is InChI=1S/C22H26ClN3O6/c1-6-31-16-12-11-15(13-19(16)32-7-2)24-25-20(14(3)27)22(28)26(23)21-17(29-4)9-8-10-18(21)30-5/h8-13,20H,6-7H2,1-5H3. The second-order valence-corrected chi connectivity index (χ2v) is 6.69. The number of carbonyl (C=O) groups excluding carboxylic acids is 2. The second-order valence-electron chi connectivity index (χ2n) is 6.36. The number of hydrogen-bond donors (Lipinski definition) is 0. The zero-order chi connectivity index (χ0) is 23.7. The van der Waals surface area contributed by atoms with Gasteiger partial charge in [-0.05, 0) is 45.0 Å². The number of Topliss-reactive ketones (excluding diaryl/α,β-unsaturated/α-hetero) is 1. The molecule has 0 aromatic heterocycles. The van der Waals surface area contributed by atoms with E-state index in [1.54, 1.807) is 36.4 Å². The van der Waals surface area contributed by atoms with Crippen molar-refractivity contribution >= 4 is 34.8 Å². The summed E-state index contributed by atoms with van der Waals surface area (Å²) in [5.74, 6) is 0.285. The van der Waals surface area contributed by atoms with E-state index >= 15 is 0 Å². The van der Waals surface area contributed by atoms with Gasteiger partial charge in [-0.25, -0.2) is 4.42 Å². The van der Waals surface area contributed by atoms with E-state index in [0.717, 1.165) is 4.42 Å². The Hall–Kier alpha value is -3.33. The molecule has 0 fully saturated rings. The molecule has 0 saturated heterocycles. The van der Waals surface area contributed by atoms with Crippen LogP contribution in [0.25, 0.3) is 0 Å². The van der Waals surface area contributed by atoms with Crippen LogP contribution in [0.15, 0.2) is 46.6 Å². The third-order valence-corrected chi connectivity index (χ3v) is 4.56. The van der Waals surface area contributed by atoms with Crippen molar-refractivity contribution in [2.24, 2.45) is 10.2 Å². The number of methoxy groups -OCH3 is 2. The first-order valence-electron chi connectivity index (χ1n) is 9.89. The minimum atomic E-state index is -1.47. The second kappa shape index (κ2) is 11.9. The Morgan fingerprint density at radius 1 is 0.969 bits per heavy atom.